The van der Waals surface area contributed by atoms with Gasteiger partial charge in [-0.1, -0.05) is 35.5 Å². The van der Waals surface area contributed by atoms with Crippen molar-refractivity contribution in [2.75, 3.05) is 5.32 Å². The standard InChI is InChI=1S/C18H18N4O3/c1-12-10-14(9-8-13-6-4-3-5-7-13)25-18(24)16(12)17(23)19-15-11-22(2)21-20-15/h3-7,10-11H,8-9H2,1-2H3,(H,19,23). The zero-order valence-electron chi connectivity index (χ0n) is 14.0. The van der Waals surface area contributed by atoms with Gasteiger partial charge < -0.3 is 9.73 Å². The van der Waals surface area contributed by atoms with Crippen molar-refractivity contribution < 1.29 is 9.21 Å². The fourth-order valence-corrected chi connectivity index (χ4v) is 2.56. The van der Waals surface area contributed by atoms with Crippen molar-refractivity contribution in [3.63, 3.8) is 0 Å². The molecule has 2 aromatic heterocycles. The normalized spacial score (nSPS) is 10.6. The van der Waals surface area contributed by atoms with Crippen molar-refractivity contribution in [1.82, 2.24) is 15.0 Å². The van der Waals surface area contributed by atoms with Gasteiger partial charge in [0, 0.05) is 13.5 Å². The Hall–Kier alpha value is -3.22. The van der Waals surface area contributed by atoms with Gasteiger partial charge in [0.15, 0.2) is 5.82 Å². The van der Waals surface area contributed by atoms with E-state index in [9.17, 15) is 9.59 Å². The van der Waals surface area contributed by atoms with E-state index in [1.165, 1.54) is 4.68 Å². The maximum Gasteiger partial charge on any atom is 0.349 e. The summed E-state index contributed by atoms with van der Waals surface area (Å²) in [4.78, 5) is 24.5. The Kier molecular flexibility index (Phi) is 4.74. The van der Waals surface area contributed by atoms with Gasteiger partial charge in [-0.05, 0) is 30.5 Å². The van der Waals surface area contributed by atoms with Crippen LogP contribution in [0, 0.1) is 6.92 Å². The number of amides is 1. The average Bonchev–Trinajstić information content (AvgIpc) is 2.98. The molecule has 1 amide bonds. The summed E-state index contributed by atoms with van der Waals surface area (Å²) in [5.41, 5.74) is 1.06. The third-order valence-electron chi connectivity index (χ3n) is 3.77. The first-order valence-electron chi connectivity index (χ1n) is 7.88. The quantitative estimate of drug-likeness (QED) is 0.769. The van der Waals surface area contributed by atoms with Crippen molar-refractivity contribution >= 4 is 11.7 Å². The number of anilines is 1. The summed E-state index contributed by atoms with van der Waals surface area (Å²) >= 11 is 0. The Morgan fingerprint density at radius 3 is 2.64 bits per heavy atom. The maximum absolute atomic E-state index is 12.3. The number of aryl methyl sites for hydroxylation is 4. The Bertz CT molecular complexity index is 944. The summed E-state index contributed by atoms with van der Waals surface area (Å²) in [5.74, 6) is 0.281. The number of benzene rings is 1. The zero-order chi connectivity index (χ0) is 17.8. The van der Waals surface area contributed by atoms with E-state index in [0.717, 1.165) is 12.0 Å². The Labute approximate surface area is 144 Å². The summed E-state index contributed by atoms with van der Waals surface area (Å²) < 4.78 is 6.77. The van der Waals surface area contributed by atoms with Gasteiger partial charge in [-0.15, -0.1) is 5.10 Å². The molecule has 2 heterocycles. The Balaban J connectivity index is 1.75. The van der Waals surface area contributed by atoms with E-state index < -0.39 is 11.5 Å². The Morgan fingerprint density at radius 1 is 1.24 bits per heavy atom. The number of aromatic nitrogens is 3. The second-order valence-electron chi connectivity index (χ2n) is 5.78. The average molecular weight is 338 g/mol. The highest BCUT2D eigenvalue weighted by atomic mass is 16.4. The van der Waals surface area contributed by atoms with E-state index in [-0.39, 0.29) is 11.4 Å². The lowest BCUT2D eigenvalue weighted by atomic mass is 10.1. The van der Waals surface area contributed by atoms with E-state index in [1.807, 2.05) is 30.3 Å². The van der Waals surface area contributed by atoms with E-state index in [2.05, 4.69) is 15.6 Å². The molecule has 7 nitrogen and oxygen atoms in total. The number of hydrogen-bond acceptors (Lipinski definition) is 5. The van der Waals surface area contributed by atoms with Crippen molar-refractivity contribution in [2.24, 2.45) is 7.05 Å². The maximum atomic E-state index is 12.3. The van der Waals surface area contributed by atoms with E-state index in [1.54, 1.807) is 26.2 Å². The molecule has 0 saturated heterocycles. The second-order valence-corrected chi connectivity index (χ2v) is 5.78. The summed E-state index contributed by atoms with van der Waals surface area (Å²) in [7, 11) is 1.68. The first-order valence-corrected chi connectivity index (χ1v) is 7.88. The molecule has 0 aliphatic carbocycles. The van der Waals surface area contributed by atoms with Crippen LogP contribution < -0.4 is 10.9 Å². The number of hydrogen-bond donors (Lipinski definition) is 1. The van der Waals surface area contributed by atoms with Crippen LogP contribution >= 0.6 is 0 Å². The number of nitrogens with one attached hydrogen (secondary N) is 1. The van der Waals surface area contributed by atoms with Gasteiger partial charge in [0.05, 0.1) is 6.20 Å². The number of carbonyl (C=O) groups is 1. The Morgan fingerprint density at radius 2 is 2.00 bits per heavy atom. The minimum Gasteiger partial charge on any atom is -0.427 e. The third-order valence-corrected chi connectivity index (χ3v) is 3.77. The van der Waals surface area contributed by atoms with Gasteiger partial charge in [0.2, 0.25) is 0 Å². The molecule has 1 aromatic carbocycles. The molecule has 7 heteroatoms. The van der Waals surface area contributed by atoms with Crippen LogP contribution in [0.2, 0.25) is 0 Å². The minimum absolute atomic E-state index is 0.0193. The summed E-state index contributed by atoms with van der Waals surface area (Å²) in [6.45, 7) is 1.72. The molecule has 128 valence electrons. The lowest BCUT2D eigenvalue weighted by molar-refractivity contribution is 0.102. The molecule has 0 atom stereocenters. The van der Waals surface area contributed by atoms with Crippen LogP contribution in [0.15, 0.2) is 51.8 Å². The van der Waals surface area contributed by atoms with Crippen LogP contribution in [0.4, 0.5) is 5.82 Å². The lowest BCUT2D eigenvalue weighted by Gasteiger charge is -2.06. The van der Waals surface area contributed by atoms with Gasteiger partial charge in [-0.3, -0.25) is 9.48 Å². The number of rotatable bonds is 5. The van der Waals surface area contributed by atoms with Crippen molar-refractivity contribution in [1.29, 1.82) is 0 Å². The molecule has 0 unspecified atom stereocenters. The van der Waals surface area contributed by atoms with Gasteiger partial charge >= 0.3 is 5.63 Å². The van der Waals surface area contributed by atoms with Gasteiger partial charge in [-0.25, -0.2) is 4.79 Å². The van der Waals surface area contributed by atoms with Crippen LogP contribution in [0.5, 0.6) is 0 Å². The summed E-state index contributed by atoms with van der Waals surface area (Å²) in [5, 5.41) is 10.0. The highest BCUT2D eigenvalue weighted by molar-refractivity contribution is 6.04. The largest absolute Gasteiger partial charge is 0.427 e. The molecule has 0 radical (unpaired) electrons. The van der Waals surface area contributed by atoms with E-state index in [4.69, 9.17) is 4.42 Å². The lowest BCUT2D eigenvalue weighted by Crippen LogP contribution is -2.23. The molecule has 0 aliphatic heterocycles. The predicted molar refractivity (Wildman–Crippen MR) is 92.5 cm³/mol. The van der Waals surface area contributed by atoms with E-state index in [0.29, 0.717) is 17.7 Å². The van der Waals surface area contributed by atoms with Crippen molar-refractivity contribution in [2.45, 2.75) is 19.8 Å². The number of carbonyl (C=O) groups excluding carboxylic acids is 1. The molecule has 0 spiro atoms. The third kappa shape index (κ3) is 4.00. The highest BCUT2D eigenvalue weighted by Gasteiger charge is 2.18. The van der Waals surface area contributed by atoms with E-state index >= 15 is 0 Å². The molecule has 0 aliphatic rings. The second kappa shape index (κ2) is 7.12. The highest BCUT2D eigenvalue weighted by Crippen LogP contribution is 2.12. The molecule has 25 heavy (non-hydrogen) atoms. The SMILES string of the molecule is Cc1cc(CCc2ccccc2)oc(=O)c1C(=O)Nc1cn(C)nn1. The molecular weight excluding hydrogens is 320 g/mol. The molecule has 3 rings (SSSR count). The van der Waals surface area contributed by atoms with Gasteiger partial charge in [-0.2, -0.15) is 0 Å². The fourth-order valence-electron chi connectivity index (χ4n) is 2.56. The smallest absolute Gasteiger partial charge is 0.349 e. The van der Waals surface area contributed by atoms with Crippen LogP contribution in [-0.4, -0.2) is 20.9 Å². The summed E-state index contributed by atoms with van der Waals surface area (Å²) in [6.07, 6.45) is 2.89. The predicted octanol–water partition coefficient (Wildman–Crippen LogP) is 2.11. The monoisotopic (exact) mass is 338 g/mol. The van der Waals surface area contributed by atoms with Crippen molar-refractivity contribution in [3.8, 4) is 0 Å². The molecule has 3 aromatic rings. The topological polar surface area (TPSA) is 90.0 Å². The molecule has 0 saturated carbocycles. The van der Waals surface area contributed by atoms with Crippen LogP contribution in [-0.2, 0) is 19.9 Å². The van der Waals surface area contributed by atoms with Crippen molar-refractivity contribution in [3.05, 3.63) is 75.5 Å². The number of nitrogens with zero attached hydrogens (tertiary/aromatic N) is 3. The first-order chi connectivity index (χ1) is 12.0. The van der Waals surface area contributed by atoms with Gasteiger partial charge in [0.1, 0.15) is 11.3 Å². The molecular formula is C18H18N4O3. The van der Waals surface area contributed by atoms with Crippen LogP contribution in [0.25, 0.3) is 0 Å². The molecule has 0 fully saturated rings. The van der Waals surface area contributed by atoms with Crippen LogP contribution in [0.1, 0.15) is 27.2 Å². The summed E-state index contributed by atoms with van der Waals surface area (Å²) in [6, 6.07) is 11.7. The molecule has 0 bridgehead atoms. The van der Waals surface area contributed by atoms with Gasteiger partial charge in [0.25, 0.3) is 5.91 Å². The van der Waals surface area contributed by atoms with Crippen LogP contribution in [0.3, 0.4) is 0 Å². The minimum atomic E-state index is -0.649. The first kappa shape index (κ1) is 16.6. The zero-order valence-corrected chi connectivity index (χ0v) is 14.0. The molecule has 1 N–H and O–H groups in total. The fraction of sp³-hybridized carbons (Fsp3) is 0.222.